The van der Waals surface area contributed by atoms with Gasteiger partial charge in [0.1, 0.15) is 11.6 Å². The number of carbonyl (C=O) groups is 1. The van der Waals surface area contributed by atoms with Crippen LogP contribution in [0.5, 0.6) is 11.6 Å². The maximum absolute atomic E-state index is 14.3. The Morgan fingerprint density at radius 3 is 2.36 bits per heavy atom. The summed E-state index contributed by atoms with van der Waals surface area (Å²) in [5.41, 5.74) is -0.600. The van der Waals surface area contributed by atoms with E-state index in [9.17, 15) is 27.6 Å². The molecule has 0 aliphatic heterocycles. The average Bonchev–Trinajstić information content (AvgIpc) is 2.87. The number of hydrogen-bond acceptors (Lipinski definition) is 5. The van der Waals surface area contributed by atoms with Crippen molar-refractivity contribution < 1.29 is 31.8 Å². The molecular formula is C29H29F4N3O3. The molecule has 0 aliphatic carbocycles. The van der Waals surface area contributed by atoms with Crippen LogP contribution < -0.4 is 14.8 Å². The fourth-order valence-electron chi connectivity index (χ4n) is 4.10. The molecule has 3 rings (SSSR count). The fraction of sp³-hybridized carbons (Fsp3) is 0.345. The van der Waals surface area contributed by atoms with E-state index in [0.29, 0.717) is 30.4 Å². The normalized spacial score (nSPS) is 13.2. The zero-order valence-corrected chi connectivity index (χ0v) is 22.0. The smallest absolute Gasteiger partial charge is 0.417 e. The average molecular weight is 544 g/mol. The molecule has 0 fully saturated rings. The topological polar surface area (TPSA) is 84.2 Å². The van der Waals surface area contributed by atoms with Gasteiger partial charge in [0, 0.05) is 18.3 Å². The molecule has 2 unspecified atom stereocenters. The zero-order chi connectivity index (χ0) is 28.8. The molecule has 0 saturated carbocycles. The molecule has 1 heterocycles. The van der Waals surface area contributed by atoms with Crippen LogP contribution in [0, 0.1) is 17.1 Å². The lowest BCUT2D eigenvalue weighted by Gasteiger charge is -2.28. The minimum Gasteiger partial charge on any atom is -0.497 e. The van der Waals surface area contributed by atoms with Crippen molar-refractivity contribution in [3.8, 4) is 17.7 Å². The van der Waals surface area contributed by atoms with Gasteiger partial charge in [-0.3, -0.25) is 4.79 Å². The van der Waals surface area contributed by atoms with E-state index in [2.05, 4.69) is 10.3 Å². The van der Waals surface area contributed by atoms with E-state index in [4.69, 9.17) is 9.47 Å². The Morgan fingerprint density at radius 2 is 1.79 bits per heavy atom. The highest BCUT2D eigenvalue weighted by Crippen LogP contribution is 2.31. The van der Waals surface area contributed by atoms with Gasteiger partial charge in [0.05, 0.1) is 24.3 Å². The van der Waals surface area contributed by atoms with E-state index in [-0.39, 0.29) is 17.4 Å². The molecule has 1 amide bonds. The van der Waals surface area contributed by atoms with Gasteiger partial charge in [-0.15, -0.1) is 0 Å². The Balaban J connectivity index is 1.75. The molecule has 206 valence electrons. The Hall–Kier alpha value is -4.13. The van der Waals surface area contributed by atoms with Gasteiger partial charge in [-0.1, -0.05) is 12.1 Å². The van der Waals surface area contributed by atoms with Crippen molar-refractivity contribution >= 4 is 5.91 Å². The largest absolute Gasteiger partial charge is 0.497 e. The van der Waals surface area contributed by atoms with Gasteiger partial charge in [-0.25, -0.2) is 9.37 Å². The summed E-state index contributed by atoms with van der Waals surface area (Å²) in [5, 5.41) is 12.2. The number of halogens is 4. The molecule has 39 heavy (non-hydrogen) atoms. The Labute approximate surface area is 224 Å². The van der Waals surface area contributed by atoms with E-state index in [1.54, 1.807) is 20.1 Å². The van der Waals surface area contributed by atoms with E-state index >= 15 is 0 Å². The third kappa shape index (κ3) is 8.18. The van der Waals surface area contributed by atoms with E-state index in [1.807, 2.05) is 30.3 Å². The molecule has 2 aromatic carbocycles. The van der Waals surface area contributed by atoms with Crippen LogP contribution in [0.25, 0.3) is 0 Å². The molecule has 0 spiro atoms. The summed E-state index contributed by atoms with van der Waals surface area (Å²) in [6.45, 7) is 4.75. The number of ether oxygens (including phenoxy) is 2. The summed E-state index contributed by atoms with van der Waals surface area (Å²) in [4.78, 5) is 16.7. The highest BCUT2D eigenvalue weighted by Gasteiger charge is 2.34. The first-order valence-corrected chi connectivity index (χ1v) is 12.2. The molecule has 1 N–H and O–H groups in total. The van der Waals surface area contributed by atoms with Crippen LogP contribution >= 0.6 is 0 Å². The summed E-state index contributed by atoms with van der Waals surface area (Å²) < 4.78 is 63.5. The second-order valence-electron chi connectivity index (χ2n) is 9.74. The summed E-state index contributed by atoms with van der Waals surface area (Å²) >= 11 is 0. The molecule has 0 saturated heterocycles. The number of rotatable bonds is 10. The monoisotopic (exact) mass is 543 g/mol. The van der Waals surface area contributed by atoms with Gasteiger partial charge < -0.3 is 14.8 Å². The lowest BCUT2D eigenvalue weighted by atomic mass is 9.86. The molecule has 6 nitrogen and oxygen atoms in total. The maximum atomic E-state index is 14.3. The van der Waals surface area contributed by atoms with E-state index in [1.165, 1.54) is 19.9 Å². The molecule has 3 aromatic rings. The lowest BCUT2D eigenvalue weighted by Crippen LogP contribution is -2.49. The van der Waals surface area contributed by atoms with Crippen molar-refractivity contribution in [3.05, 3.63) is 88.9 Å². The van der Waals surface area contributed by atoms with Gasteiger partial charge >= 0.3 is 6.18 Å². The van der Waals surface area contributed by atoms with Gasteiger partial charge in [-0.05, 0) is 87.1 Å². The van der Waals surface area contributed by atoms with Crippen molar-refractivity contribution in [2.75, 3.05) is 7.11 Å². The molecule has 0 aliphatic rings. The Kier molecular flexibility index (Phi) is 9.17. The second kappa shape index (κ2) is 12.2. The number of nitrogens with one attached hydrogen (secondary N) is 1. The minimum absolute atomic E-state index is 0.128. The van der Waals surface area contributed by atoms with Crippen LogP contribution in [0.4, 0.5) is 17.6 Å². The molecule has 10 heteroatoms. The predicted molar refractivity (Wildman–Crippen MR) is 137 cm³/mol. The summed E-state index contributed by atoms with van der Waals surface area (Å²) in [6.07, 6.45) is -2.98. The fourth-order valence-corrected chi connectivity index (χ4v) is 4.10. The number of methoxy groups -OCH3 is 1. The first kappa shape index (κ1) is 29.4. The highest BCUT2D eigenvalue weighted by molar-refractivity contribution is 5.84. The van der Waals surface area contributed by atoms with Crippen LogP contribution in [-0.2, 0) is 17.4 Å². The number of carbonyl (C=O) groups excluding carboxylic acids is 1. The molecule has 2 atom stereocenters. The van der Waals surface area contributed by atoms with Gasteiger partial charge in [0.2, 0.25) is 5.88 Å². The lowest BCUT2D eigenvalue weighted by molar-refractivity contribution is -0.138. The Morgan fingerprint density at radius 1 is 1.10 bits per heavy atom. The van der Waals surface area contributed by atoms with Crippen molar-refractivity contribution in [2.24, 2.45) is 0 Å². The Bertz CT molecular complexity index is 1320. The predicted octanol–water partition coefficient (Wildman–Crippen LogP) is 6.20. The molecular weight excluding hydrogens is 514 g/mol. The number of pyridine rings is 1. The number of amides is 1. The van der Waals surface area contributed by atoms with Crippen LogP contribution in [0.15, 0.2) is 60.8 Å². The number of alkyl halides is 3. The molecule has 0 radical (unpaired) electrons. The van der Waals surface area contributed by atoms with Crippen molar-refractivity contribution in [1.29, 1.82) is 5.26 Å². The third-order valence-electron chi connectivity index (χ3n) is 6.15. The number of benzene rings is 2. The molecule has 1 aromatic heterocycles. The third-order valence-corrected chi connectivity index (χ3v) is 6.15. The highest BCUT2D eigenvalue weighted by atomic mass is 19.4. The number of nitrogens with zero attached hydrogens (tertiary/aromatic N) is 2. The first-order valence-electron chi connectivity index (χ1n) is 12.2. The van der Waals surface area contributed by atoms with Crippen molar-refractivity contribution in [2.45, 2.75) is 57.3 Å². The van der Waals surface area contributed by atoms with E-state index < -0.39 is 35.1 Å². The van der Waals surface area contributed by atoms with Gasteiger partial charge in [0.25, 0.3) is 5.91 Å². The van der Waals surface area contributed by atoms with Crippen LogP contribution in [0.2, 0.25) is 0 Å². The van der Waals surface area contributed by atoms with Gasteiger partial charge in [-0.2, -0.15) is 18.4 Å². The van der Waals surface area contributed by atoms with Crippen LogP contribution in [0.3, 0.4) is 0 Å². The van der Waals surface area contributed by atoms with Crippen molar-refractivity contribution in [1.82, 2.24) is 10.3 Å². The first-order chi connectivity index (χ1) is 18.3. The SMILES string of the molecule is COc1ccc(CC(CC(C)NC(=O)C(C)(C)Oc2ccc(C(F)(F)F)cn2)c2cc(F)cc(C#N)c2)cc1. The molecule has 0 bridgehead atoms. The number of hydrogen-bond donors (Lipinski definition) is 1. The summed E-state index contributed by atoms with van der Waals surface area (Å²) in [7, 11) is 1.57. The number of nitriles is 1. The summed E-state index contributed by atoms with van der Waals surface area (Å²) in [6, 6.07) is 15.1. The van der Waals surface area contributed by atoms with Crippen molar-refractivity contribution in [3.63, 3.8) is 0 Å². The van der Waals surface area contributed by atoms with Gasteiger partial charge in [0.15, 0.2) is 5.60 Å². The van der Waals surface area contributed by atoms with Crippen LogP contribution in [0.1, 0.15) is 55.4 Å². The number of aromatic nitrogens is 1. The zero-order valence-electron chi connectivity index (χ0n) is 22.0. The maximum Gasteiger partial charge on any atom is 0.417 e. The minimum atomic E-state index is -4.54. The standard InChI is InChI=1S/C29H29F4N3O3/c1-18(36-27(37)28(2,3)39-26-10-7-23(17-35-26)29(31,32)33)11-21(12-19-5-8-25(38-4)9-6-19)22-13-20(16-34)14-24(30)15-22/h5-10,13-15,17-18,21H,11-12H2,1-4H3,(H,36,37). The summed E-state index contributed by atoms with van der Waals surface area (Å²) in [5.74, 6) is -0.719. The quantitative estimate of drug-likeness (QED) is 0.308. The van der Waals surface area contributed by atoms with Crippen LogP contribution in [-0.4, -0.2) is 29.6 Å². The second-order valence-corrected chi connectivity index (χ2v) is 9.74. The van der Waals surface area contributed by atoms with E-state index in [0.717, 1.165) is 23.8 Å².